The van der Waals surface area contributed by atoms with Gasteiger partial charge in [-0.1, -0.05) is 41.9 Å². The molecule has 1 fully saturated rings. The molecule has 3 aromatic heterocycles. The van der Waals surface area contributed by atoms with Gasteiger partial charge >= 0.3 is 6.18 Å². The Bertz CT molecular complexity index is 1200. The highest BCUT2D eigenvalue weighted by molar-refractivity contribution is 6.30. The van der Waals surface area contributed by atoms with Crippen molar-refractivity contribution in [2.75, 3.05) is 6.54 Å². The van der Waals surface area contributed by atoms with Crippen molar-refractivity contribution in [3.8, 4) is 11.3 Å². The van der Waals surface area contributed by atoms with Gasteiger partial charge in [0.25, 0.3) is 0 Å². The van der Waals surface area contributed by atoms with Crippen LogP contribution in [-0.2, 0) is 6.18 Å². The number of pyridine rings is 1. The fourth-order valence-corrected chi connectivity index (χ4v) is 4.60. The predicted octanol–water partition coefficient (Wildman–Crippen LogP) is 6.47. The van der Waals surface area contributed by atoms with E-state index in [1.807, 2.05) is 18.2 Å². The second-order valence-electron chi connectivity index (χ2n) is 7.74. The number of nitrogens with zero attached hydrogens (tertiary/aromatic N) is 2. The molecule has 2 atom stereocenters. The summed E-state index contributed by atoms with van der Waals surface area (Å²) in [5.74, 6) is 0.618. The number of halogens is 4. The molecule has 0 radical (unpaired) electrons. The molecular weight excluding hydrogens is 427 g/mol. The Morgan fingerprint density at radius 2 is 1.94 bits per heavy atom. The first kappa shape index (κ1) is 20.2. The van der Waals surface area contributed by atoms with Gasteiger partial charge in [-0.05, 0) is 49.1 Å². The molecule has 1 aliphatic heterocycles. The van der Waals surface area contributed by atoms with Crippen LogP contribution in [0.1, 0.15) is 41.6 Å². The van der Waals surface area contributed by atoms with Gasteiger partial charge in [-0.2, -0.15) is 13.2 Å². The molecule has 0 bridgehead atoms. The largest absolute Gasteiger partial charge is 0.464 e. The van der Waals surface area contributed by atoms with Gasteiger partial charge in [0.15, 0.2) is 5.65 Å². The number of alkyl halides is 3. The second kappa shape index (κ2) is 7.73. The molecule has 160 valence electrons. The van der Waals surface area contributed by atoms with E-state index in [4.69, 9.17) is 16.0 Å². The molecule has 2 unspecified atom stereocenters. The summed E-state index contributed by atoms with van der Waals surface area (Å²) in [6.45, 7) is 0.734. The molecule has 1 N–H and O–H groups in total. The number of hydrogen-bond acceptors (Lipinski definition) is 3. The first-order valence-corrected chi connectivity index (χ1v) is 10.4. The van der Waals surface area contributed by atoms with Crippen LogP contribution in [0.4, 0.5) is 13.2 Å². The minimum absolute atomic E-state index is 0.181. The Hall–Kier alpha value is -2.77. The quantitative estimate of drug-likeness (QED) is 0.392. The Morgan fingerprint density at radius 3 is 2.65 bits per heavy atom. The summed E-state index contributed by atoms with van der Waals surface area (Å²) in [7, 11) is 0. The van der Waals surface area contributed by atoms with Crippen LogP contribution >= 0.6 is 11.6 Å². The molecule has 31 heavy (non-hydrogen) atoms. The average Bonchev–Trinajstić information content (AvgIpc) is 3.42. The number of nitrogens with one attached hydrogen (secondary N) is 1. The lowest BCUT2D eigenvalue weighted by Crippen LogP contribution is -2.31. The maximum Gasteiger partial charge on any atom is 0.420 e. The first-order chi connectivity index (χ1) is 14.9. The molecule has 4 heterocycles. The van der Waals surface area contributed by atoms with Crippen LogP contribution < -0.4 is 5.32 Å². The van der Waals surface area contributed by atoms with E-state index in [0.29, 0.717) is 17.9 Å². The van der Waals surface area contributed by atoms with Crippen molar-refractivity contribution in [2.45, 2.75) is 31.0 Å². The summed E-state index contributed by atoms with van der Waals surface area (Å²) in [4.78, 5) is 4.37. The highest BCUT2D eigenvalue weighted by Gasteiger charge is 2.37. The van der Waals surface area contributed by atoms with Gasteiger partial charge in [0.2, 0.25) is 0 Å². The molecule has 0 amide bonds. The van der Waals surface area contributed by atoms with Gasteiger partial charge in [0.05, 0.1) is 23.6 Å². The van der Waals surface area contributed by atoms with Crippen LogP contribution in [0.25, 0.3) is 17.0 Å². The number of imidazole rings is 1. The van der Waals surface area contributed by atoms with Crippen LogP contribution in [0, 0.1) is 0 Å². The summed E-state index contributed by atoms with van der Waals surface area (Å²) in [6, 6.07) is 14.2. The van der Waals surface area contributed by atoms with Crippen molar-refractivity contribution in [3.63, 3.8) is 0 Å². The number of benzene rings is 1. The van der Waals surface area contributed by atoms with Gasteiger partial charge in [0.1, 0.15) is 10.9 Å². The highest BCUT2D eigenvalue weighted by Crippen LogP contribution is 2.40. The Balaban J connectivity index is 1.59. The highest BCUT2D eigenvalue weighted by atomic mass is 35.5. The molecular formula is C23H19ClF3N3O. The third-order valence-electron chi connectivity index (χ3n) is 5.80. The van der Waals surface area contributed by atoms with E-state index in [0.717, 1.165) is 19.0 Å². The number of fused-ring (bicyclic) bond motifs is 1. The minimum atomic E-state index is -4.58. The minimum Gasteiger partial charge on any atom is -0.464 e. The zero-order valence-electron chi connectivity index (χ0n) is 16.4. The van der Waals surface area contributed by atoms with Gasteiger partial charge < -0.3 is 9.73 Å². The monoisotopic (exact) mass is 445 g/mol. The first-order valence-electron chi connectivity index (χ1n) is 10.0. The van der Waals surface area contributed by atoms with Crippen LogP contribution in [0.2, 0.25) is 5.15 Å². The maximum absolute atomic E-state index is 13.9. The third kappa shape index (κ3) is 3.72. The van der Waals surface area contributed by atoms with E-state index in [-0.39, 0.29) is 28.3 Å². The van der Waals surface area contributed by atoms with Crippen LogP contribution in [0.15, 0.2) is 65.4 Å². The van der Waals surface area contributed by atoms with Crippen molar-refractivity contribution in [1.29, 1.82) is 0 Å². The van der Waals surface area contributed by atoms with E-state index in [2.05, 4.69) is 22.4 Å². The molecule has 0 aliphatic carbocycles. The topological polar surface area (TPSA) is 42.5 Å². The van der Waals surface area contributed by atoms with Crippen LogP contribution in [0.3, 0.4) is 0 Å². The zero-order chi connectivity index (χ0) is 21.6. The lowest BCUT2D eigenvalue weighted by Gasteiger charge is -2.30. The number of furan rings is 1. The van der Waals surface area contributed by atoms with Gasteiger partial charge in [-0.25, -0.2) is 4.98 Å². The summed E-state index contributed by atoms with van der Waals surface area (Å²) >= 11 is 6.60. The Kier molecular flexibility index (Phi) is 5.02. The van der Waals surface area contributed by atoms with Crippen molar-refractivity contribution in [1.82, 2.24) is 14.7 Å². The molecule has 1 aromatic carbocycles. The predicted molar refractivity (Wildman–Crippen MR) is 112 cm³/mol. The molecule has 0 spiro atoms. The smallest absolute Gasteiger partial charge is 0.420 e. The van der Waals surface area contributed by atoms with Gasteiger partial charge in [-0.15, -0.1) is 0 Å². The van der Waals surface area contributed by atoms with Crippen molar-refractivity contribution >= 4 is 17.2 Å². The molecule has 4 aromatic rings. The van der Waals surface area contributed by atoms with Crippen LogP contribution in [0.5, 0.6) is 0 Å². The SMILES string of the molecule is FC(F)(F)c1cc(-c2ccco2)cn2c(Cl)c(C3CC(c4ccccc4)CCN3)nc12. The third-order valence-corrected chi connectivity index (χ3v) is 6.18. The summed E-state index contributed by atoms with van der Waals surface area (Å²) in [5.41, 5.74) is 0.889. The number of piperidine rings is 1. The van der Waals surface area contributed by atoms with Gasteiger partial charge in [0, 0.05) is 11.8 Å². The van der Waals surface area contributed by atoms with Crippen molar-refractivity contribution < 1.29 is 17.6 Å². The lowest BCUT2D eigenvalue weighted by molar-refractivity contribution is -0.136. The fourth-order valence-electron chi connectivity index (χ4n) is 4.30. The fraction of sp³-hybridized carbons (Fsp3) is 0.261. The number of rotatable bonds is 3. The zero-order valence-corrected chi connectivity index (χ0v) is 17.1. The molecule has 5 rings (SSSR count). The molecule has 4 nitrogen and oxygen atoms in total. The molecule has 1 aliphatic rings. The Morgan fingerprint density at radius 1 is 1.13 bits per heavy atom. The van der Waals surface area contributed by atoms with Crippen molar-refractivity contribution in [3.05, 3.63) is 83.0 Å². The van der Waals surface area contributed by atoms with Crippen LogP contribution in [-0.4, -0.2) is 15.9 Å². The summed E-state index contributed by atoms with van der Waals surface area (Å²) in [6.07, 6.45) is 0.0352. The van der Waals surface area contributed by atoms with E-state index in [9.17, 15) is 13.2 Å². The molecule has 8 heteroatoms. The van der Waals surface area contributed by atoms with E-state index >= 15 is 0 Å². The number of aromatic nitrogens is 2. The molecule has 0 saturated carbocycles. The van der Waals surface area contributed by atoms with E-state index in [1.165, 1.54) is 16.2 Å². The molecule has 1 saturated heterocycles. The standard InChI is InChI=1S/C23H19ClF3N3O/c24-21-20(18-12-15(8-9-28-18)14-5-2-1-3-6-14)29-22-17(23(25,26)27)11-16(13-30(21)22)19-7-4-10-31-19/h1-7,10-11,13,15,18,28H,8-9,12H2. The lowest BCUT2D eigenvalue weighted by atomic mass is 9.85. The summed E-state index contributed by atoms with van der Waals surface area (Å²) in [5, 5.41) is 3.56. The normalized spacial score (nSPS) is 19.7. The summed E-state index contributed by atoms with van der Waals surface area (Å²) < 4.78 is 48.2. The Labute approximate surface area is 181 Å². The van der Waals surface area contributed by atoms with Gasteiger partial charge in [-0.3, -0.25) is 4.40 Å². The second-order valence-corrected chi connectivity index (χ2v) is 8.10. The number of hydrogen-bond donors (Lipinski definition) is 1. The average molecular weight is 446 g/mol. The van der Waals surface area contributed by atoms with E-state index < -0.39 is 11.7 Å². The van der Waals surface area contributed by atoms with Crippen molar-refractivity contribution in [2.24, 2.45) is 0 Å². The maximum atomic E-state index is 13.9. The van der Waals surface area contributed by atoms with E-state index in [1.54, 1.807) is 18.3 Å².